The molecule has 0 saturated carbocycles. The SMILES string of the molecule is CNCCCSc1ccc([N+](=O)[O-])cc1. The number of non-ortho nitro benzene ring substituents is 1. The van der Waals surface area contributed by atoms with E-state index in [0.29, 0.717) is 0 Å². The van der Waals surface area contributed by atoms with E-state index in [1.165, 1.54) is 0 Å². The third-order valence-electron chi connectivity index (χ3n) is 1.89. The summed E-state index contributed by atoms with van der Waals surface area (Å²) < 4.78 is 0. The largest absolute Gasteiger partial charge is 0.320 e. The highest BCUT2D eigenvalue weighted by molar-refractivity contribution is 7.99. The van der Waals surface area contributed by atoms with Gasteiger partial charge in [-0.05, 0) is 37.9 Å². The van der Waals surface area contributed by atoms with Crippen LogP contribution in [0, 0.1) is 10.1 Å². The molecule has 0 unspecified atom stereocenters. The maximum Gasteiger partial charge on any atom is 0.269 e. The molecule has 0 bridgehead atoms. The number of benzene rings is 1. The van der Waals surface area contributed by atoms with Crippen LogP contribution in [0.4, 0.5) is 5.69 Å². The van der Waals surface area contributed by atoms with Crippen molar-refractivity contribution in [3.63, 3.8) is 0 Å². The maximum atomic E-state index is 10.4. The second-order valence-electron chi connectivity index (χ2n) is 3.06. The molecule has 15 heavy (non-hydrogen) atoms. The summed E-state index contributed by atoms with van der Waals surface area (Å²) in [7, 11) is 1.93. The molecule has 1 aromatic rings. The van der Waals surface area contributed by atoms with Crippen LogP contribution in [0.15, 0.2) is 29.2 Å². The number of thioether (sulfide) groups is 1. The molecule has 0 radical (unpaired) electrons. The first kappa shape index (κ1) is 12.0. The molecule has 1 N–H and O–H groups in total. The van der Waals surface area contributed by atoms with E-state index in [4.69, 9.17) is 0 Å². The van der Waals surface area contributed by atoms with Gasteiger partial charge in [-0.2, -0.15) is 0 Å². The van der Waals surface area contributed by atoms with Gasteiger partial charge in [-0.25, -0.2) is 0 Å². The van der Waals surface area contributed by atoms with E-state index >= 15 is 0 Å². The molecule has 0 aliphatic rings. The van der Waals surface area contributed by atoms with Crippen molar-refractivity contribution in [3.8, 4) is 0 Å². The average molecular weight is 226 g/mol. The van der Waals surface area contributed by atoms with Crippen molar-refractivity contribution >= 4 is 17.4 Å². The molecule has 82 valence electrons. The van der Waals surface area contributed by atoms with Crippen molar-refractivity contribution in [3.05, 3.63) is 34.4 Å². The molecule has 0 saturated heterocycles. The Labute approximate surface area is 93.2 Å². The van der Waals surface area contributed by atoms with Gasteiger partial charge in [-0.3, -0.25) is 10.1 Å². The molecule has 0 amide bonds. The molecule has 0 spiro atoms. The van der Waals surface area contributed by atoms with Crippen LogP contribution in [0.3, 0.4) is 0 Å². The molecule has 4 nitrogen and oxygen atoms in total. The van der Waals surface area contributed by atoms with Crippen molar-refractivity contribution in [2.24, 2.45) is 0 Å². The first-order valence-electron chi connectivity index (χ1n) is 4.76. The Balaban J connectivity index is 2.39. The highest BCUT2D eigenvalue weighted by Gasteiger charge is 2.03. The quantitative estimate of drug-likeness (QED) is 0.350. The first-order chi connectivity index (χ1) is 7.24. The highest BCUT2D eigenvalue weighted by atomic mass is 32.2. The van der Waals surface area contributed by atoms with Gasteiger partial charge in [0.25, 0.3) is 5.69 Å². The number of hydrogen-bond acceptors (Lipinski definition) is 4. The summed E-state index contributed by atoms with van der Waals surface area (Å²) in [6.45, 7) is 1.000. The topological polar surface area (TPSA) is 55.2 Å². The number of nitrogens with zero attached hydrogens (tertiary/aromatic N) is 1. The predicted octanol–water partition coefficient (Wildman–Crippen LogP) is 2.30. The van der Waals surface area contributed by atoms with E-state index in [1.54, 1.807) is 36.0 Å². The molecule has 0 atom stereocenters. The lowest BCUT2D eigenvalue weighted by Crippen LogP contribution is -2.07. The van der Waals surface area contributed by atoms with Gasteiger partial charge < -0.3 is 5.32 Å². The van der Waals surface area contributed by atoms with Gasteiger partial charge in [-0.1, -0.05) is 0 Å². The first-order valence-corrected chi connectivity index (χ1v) is 5.74. The van der Waals surface area contributed by atoms with Crippen LogP contribution >= 0.6 is 11.8 Å². The fourth-order valence-electron chi connectivity index (χ4n) is 1.10. The average Bonchev–Trinajstić information content (AvgIpc) is 2.25. The van der Waals surface area contributed by atoms with Gasteiger partial charge in [0, 0.05) is 17.0 Å². The van der Waals surface area contributed by atoms with Crippen LogP contribution < -0.4 is 5.32 Å². The Hall–Kier alpha value is -1.07. The van der Waals surface area contributed by atoms with Crippen LogP contribution in [0.5, 0.6) is 0 Å². The Morgan fingerprint density at radius 2 is 2.07 bits per heavy atom. The molecule has 0 heterocycles. The van der Waals surface area contributed by atoms with Crippen molar-refractivity contribution in [1.29, 1.82) is 0 Å². The van der Waals surface area contributed by atoms with Crippen molar-refractivity contribution in [2.45, 2.75) is 11.3 Å². The fourth-order valence-corrected chi connectivity index (χ4v) is 1.96. The van der Waals surface area contributed by atoms with Gasteiger partial charge in [0.05, 0.1) is 4.92 Å². The lowest BCUT2D eigenvalue weighted by molar-refractivity contribution is -0.384. The van der Waals surface area contributed by atoms with Crippen molar-refractivity contribution in [2.75, 3.05) is 19.3 Å². The molecule has 1 aromatic carbocycles. The third-order valence-corrected chi connectivity index (χ3v) is 2.99. The summed E-state index contributed by atoms with van der Waals surface area (Å²) in [6, 6.07) is 6.67. The Kier molecular flexibility index (Phi) is 5.14. The van der Waals surface area contributed by atoms with Gasteiger partial charge >= 0.3 is 0 Å². The maximum absolute atomic E-state index is 10.4. The molecule has 1 rings (SSSR count). The van der Waals surface area contributed by atoms with Crippen molar-refractivity contribution in [1.82, 2.24) is 5.32 Å². The minimum absolute atomic E-state index is 0.148. The zero-order valence-corrected chi connectivity index (χ0v) is 9.42. The number of nitro groups is 1. The standard InChI is InChI=1S/C10H14N2O2S/c1-11-7-2-8-15-10-5-3-9(4-6-10)12(13)14/h3-6,11H,2,7-8H2,1H3. The highest BCUT2D eigenvalue weighted by Crippen LogP contribution is 2.21. The predicted molar refractivity (Wildman–Crippen MR) is 62.4 cm³/mol. The van der Waals surface area contributed by atoms with Gasteiger partial charge in [0.2, 0.25) is 0 Å². The molecule has 0 aliphatic heterocycles. The lowest BCUT2D eigenvalue weighted by Gasteiger charge is -2.00. The normalized spacial score (nSPS) is 10.2. The lowest BCUT2D eigenvalue weighted by atomic mass is 10.3. The summed E-state index contributed by atoms with van der Waals surface area (Å²) >= 11 is 1.72. The van der Waals surface area contributed by atoms with Crippen LogP contribution in [0.25, 0.3) is 0 Å². The van der Waals surface area contributed by atoms with E-state index in [2.05, 4.69) is 5.32 Å². The van der Waals surface area contributed by atoms with Gasteiger partial charge in [-0.15, -0.1) is 11.8 Å². The molecule has 5 heteroatoms. The molecule has 0 aromatic heterocycles. The second kappa shape index (κ2) is 6.42. The van der Waals surface area contributed by atoms with Crippen LogP contribution in [-0.2, 0) is 0 Å². The number of hydrogen-bond donors (Lipinski definition) is 1. The number of rotatable bonds is 6. The smallest absolute Gasteiger partial charge is 0.269 e. The van der Waals surface area contributed by atoms with E-state index in [1.807, 2.05) is 7.05 Å². The zero-order valence-electron chi connectivity index (χ0n) is 8.60. The molecule has 0 fully saturated rings. The summed E-state index contributed by atoms with van der Waals surface area (Å²) in [6.07, 6.45) is 1.10. The van der Waals surface area contributed by atoms with E-state index in [0.717, 1.165) is 23.6 Å². The van der Waals surface area contributed by atoms with Gasteiger partial charge in [0.15, 0.2) is 0 Å². The van der Waals surface area contributed by atoms with E-state index in [-0.39, 0.29) is 10.6 Å². The zero-order chi connectivity index (χ0) is 11.1. The third kappa shape index (κ3) is 4.31. The monoisotopic (exact) mass is 226 g/mol. The fraction of sp³-hybridized carbons (Fsp3) is 0.400. The Morgan fingerprint density at radius 3 is 2.60 bits per heavy atom. The molecule has 0 aliphatic carbocycles. The minimum Gasteiger partial charge on any atom is -0.320 e. The Bertz CT molecular complexity index is 314. The van der Waals surface area contributed by atoms with Crippen LogP contribution in [0.2, 0.25) is 0 Å². The Morgan fingerprint density at radius 1 is 1.40 bits per heavy atom. The number of nitrogens with one attached hydrogen (secondary N) is 1. The summed E-state index contributed by atoms with van der Waals surface area (Å²) in [5, 5.41) is 13.5. The summed E-state index contributed by atoms with van der Waals surface area (Å²) in [5.74, 6) is 1.03. The summed E-state index contributed by atoms with van der Waals surface area (Å²) in [4.78, 5) is 11.1. The minimum atomic E-state index is -0.380. The summed E-state index contributed by atoms with van der Waals surface area (Å²) in [5.41, 5.74) is 0.148. The van der Waals surface area contributed by atoms with Crippen LogP contribution in [-0.4, -0.2) is 24.3 Å². The molecular formula is C10H14N2O2S. The number of nitro benzene ring substituents is 1. The molecular weight excluding hydrogens is 212 g/mol. The van der Waals surface area contributed by atoms with Gasteiger partial charge in [0.1, 0.15) is 0 Å². The van der Waals surface area contributed by atoms with Crippen molar-refractivity contribution < 1.29 is 4.92 Å². The van der Waals surface area contributed by atoms with E-state index < -0.39 is 0 Å². The second-order valence-corrected chi connectivity index (χ2v) is 4.22. The van der Waals surface area contributed by atoms with E-state index in [9.17, 15) is 10.1 Å². The van der Waals surface area contributed by atoms with Crippen LogP contribution in [0.1, 0.15) is 6.42 Å².